The van der Waals surface area contributed by atoms with Gasteiger partial charge in [0.15, 0.2) is 6.10 Å². The van der Waals surface area contributed by atoms with Crippen LogP contribution in [0, 0.1) is 0 Å². The van der Waals surface area contributed by atoms with Crippen LogP contribution in [-0.2, 0) is 11.3 Å². The number of halogens is 3. The Labute approximate surface area is 109 Å². The molecule has 0 saturated carbocycles. The zero-order valence-electron chi connectivity index (χ0n) is 10.6. The number of carbonyl (C=O) groups excluding carboxylic acids is 1. The third-order valence-corrected chi connectivity index (χ3v) is 2.58. The van der Waals surface area contributed by atoms with E-state index in [1.54, 1.807) is 0 Å². The minimum atomic E-state index is -4.70. The standard InChI is InChI=1S/C12H17F3N2O2/c1-2-3-5-16-10(18)8-17-6-4-9(7-17)11(19)12(13,14)15/h4,6-7,11,19H,2-3,5,8H2,1H3,(H,16,18). The molecule has 0 aromatic carbocycles. The zero-order valence-corrected chi connectivity index (χ0v) is 10.6. The Bertz CT molecular complexity index is 415. The van der Waals surface area contributed by atoms with Crippen molar-refractivity contribution in [1.29, 1.82) is 0 Å². The average molecular weight is 278 g/mol. The van der Waals surface area contributed by atoms with Crippen molar-refractivity contribution < 1.29 is 23.1 Å². The van der Waals surface area contributed by atoms with Gasteiger partial charge in [0.1, 0.15) is 6.54 Å². The van der Waals surface area contributed by atoms with Crippen LogP contribution < -0.4 is 5.32 Å². The second kappa shape index (κ2) is 6.60. The molecule has 1 aromatic rings. The molecule has 1 atom stereocenters. The highest BCUT2D eigenvalue weighted by atomic mass is 19.4. The molecule has 7 heteroatoms. The summed E-state index contributed by atoms with van der Waals surface area (Å²) in [6, 6.07) is 1.15. The van der Waals surface area contributed by atoms with Gasteiger partial charge in [-0.1, -0.05) is 13.3 Å². The van der Waals surface area contributed by atoms with Crippen molar-refractivity contribution in [3.8, 4) is 0 Å². The number of aliphatic hydroxyl groups excluding tert-OH is 1. The Morgan fingerprint density at radius 1 is 1.53 bits per heavy atom. The molecular formula is C12H17F3N2O2. The van der Waals surface area contributed by atoms with Crippen LogP contribution in [0.4, 0.5) is 13.2 Å². The van der Waals surface area contributed by atoms with Gasteiger partial charge in [0.05, 0.1) is 0 Å². The number of hydrogen-bond donors (Lipinski definition) is 2. The third-order valence-electron chi connectivity index (χ3n) is 2.58. The van der Waals surface area contributed by atoms with Gasteiger partial charge in [-0.15, -0.1) is 0 Å². The normalized spacial score (nSPS) is 13.3. The molecule has 1 rings (SSSR count). The number of alkyl halides is 3. The maximum atomic E-state index is 12.3. The molecule has 1 heterocycles. The Morgan fingerprint density at radius 3 is 2.79 bits per heavy atom. The lowest BCUT2D eigenvalue weighted by Crippen LogP contribution is -2.28. The predicted molar refractivity (Wildman–Crippen MR) is 63.4 cm³/mol. The largest absolute Gasteiger partial charge is 0.418 e. The second-order valence-corrected chi connectivity index (χ2v) is 4.26. The van der Waals surface area contributed by atoms with Gasteiger partial charge in [0.25, 0.3) is 0 Å². The Kier molecular flexibility index (Phi) is 5.41. The van der Waals surface area contributed by atoms with Crippen molar-refractivity contribution in [2.75, 3.05) is 6.54 Å². The number of hydrogen-bond acceptors (Lipinski definition) is 2. The molecule has 0 spiro atoms. The van der Waals surface area contributed by atoms with Gasteiger partial charge in [0, 0.05) is 24.5 Å². The number of rotatable bonds is 6. The van der Waals surface area contributed by atoms with Gasteiger partial charge in [0.2, 0.25) is 5.91 Å². The van der Waals surface area contributed by atoms with Crippen molar-refractivity contribution in [2.45, 2.75) is 38.6 Å². The molecule has 108 valence electrons. The summed E-state index contributed by atoms with van der Waals surface area (Å²) in [7, 11) is 0. The summed E-state index contributed by atoms with van der Waals surface area (Å²) in [5.41, 5.74) is -0.270. The fourth-order valence-electron chi connectivity index (χ4n) is 1.53. The van der Waals surface area contributed by atoms with Crippen LogP contribution in [0.15, 0.2) is 18.5 Å². The molecule has 1 amide bonds. The van der Waals surface area contributed by atoms with E-state index < -0.39 is 12.3 Å². The number of aromatic nitrogens is 1. The highest BCUT2D eigenvalue weighted by Gasteiger charge is 2.39. The zero-order chi connectivity index (χ0) is 14.5. The smallest absolute Gasteiger partial charge is 0.379 e. The summed E-state index contributed by atoms with van der Waals surface area (Å²) in [5, 5.41) is 11.7. The molecule has 0 aliphatic carbocycles. The number of aliphatic hydroxyl groups is 1. The van der Waals surface area contributed by atoms with E-state index in [-0.39, 0.29) is 18.0 Å². The minimum Gasteiger partial charge on any atom is -0.379 e. The molecule has 0 radical (unpaired) electrons. The van der Waals surface area contributed by atoms with Crippen LogP contribution in [0.1, 0.15) is 31.4 Å². The monoisotopic (exact) mass is 278 g/mol. The molecule has 1 unspecified atom stereocenters. The molecule has 0 saturated heterocycles. The number of carbonyl (C=O) groups is 1. The first-order valence-electron chi connectivity index (χ1n) is 6.01. The maximum Gasteiger partial charge on any atom is 0.418 e. The molecule has 0 aliphatic rings. The first-order chi connectivity index (χ1) is 8.84. The molecule has 0 aliphatic heterocycles. The third kappa shape index (κ3) is 4.94. The van der Waals surface area contributed by atoms with Gasteiger partial charge in [-0.05, 0) is 12.5 Å². The maximum absolute atomic E-state index is 12.3. The summed E-state index contributed by atoms with van der Waals surface area (Å²) in [4.78, 5) is 11.4. The lowest BCUT2D eigenvalue weighted by atomic mass is 10.2. The van der Waals surface area contributed by atoms with Crippen LogP contribution >= 0.6 is 0 Å². The Balaban J connectivity index is 2.53. The molecule has 0 fully saturated rings. The van der Waals surface area contributed by atoms with Gasteiger partial charge in [-0.3, -0.25) is 4.79 Å². The van der Waals surface area contributed by atoms with E-state index in [0.717, 1.165) is 25.1 Å². The Morgan fingerprint density at radius 2 is 2.21 bits per heavy atom. The van der Waals surface area contributed by atoms with E-state index in [0.29, 0.717) is 6.54 Å². The van der Waals surface area contributed by atoms with Crippen molar-refractivity contribution in [1.82, 2.24) is 9.88 Å². The molecule has 0 bridgehead atoms. The van der Waals surface area contributed by atoms with Gasteiger partial charge in [-0.25, -0.2) is 0 Å². The summed E-state index contributed by atoms with van der Waals surface area (Å²) < 4.78 is 38.1. The fraction of sp³-hybridized carbons (Fsp3) is 0.583. The van der Waals surface area contributed by atoms with E-state index in [1.165, 1.54) is 10.8 Å². The van der Waals surface area contributed by atoms with E-state index in [1.807, 2.05) is 6.92 Å². The van der Waals surface area contributed by atoms with Crippen molar-refractivity contribution in [2.24, 2.45) is 0 Å². The quantitative estimate of drug-likeness (QED) is 0.782. The topological polar surface area (TPSA) is 54.3 Å². The summed E-state index contributed by atoms with van der Waals surface area (Å²) in [6.07, 6.45) is -2.95. The SMILES string of the molecule is CCCCNC(=O)Cn1ccc(C(O)C(F)(F)F)c1. The van der Waals surface area contributed by atoms with E-state index in [4.69, 9.17) is 5.11 Å². The molecule has 4 nitrogen and oxygen atoms in total. The number of nitrogens with one attached hydrogen (secondary N) is 1. The first-order valence-corrected chi connectivity index (χ1v) is 6.01. The van der Waals surface area contributed by atoms with E-state index >= 15 is 0 Å². The summed E-state index contributed by atoms with van der Waals surface area (Å²) in [5.74, 6) is -0.267. The van der Waals surface area contributed by atoms with Gasteiger partial charge in [-0.2, -0.15) is 13.2 Å². The molecular weight excluding hydrogens is 261 g/mol. The summed E-state index contributed by atoms with van der Waals surface area (Å²) in [6.45, 7) is 2.48. The van der Waals surface area contributed by atoms with Crippen LogP contribution in [0.5, 0.6) is 0 Å². The van der Waals surface area contributed by atoms with Crippen molar-refractivity contribution in [3.63, 3.8) is 0 Å². The van der Waals surface area contributed by atoms with E-state index in [9.17, 15) is 18.0 Å². The predicted octanol–water partition coefficient (Wildman–Crippen LogP) is 2.00. The Hall–Kier alpha value is -1.50. The highest BCUT2D eigenvalue weighted by molar-refractivity contribution is 5.75. The van der Waals surface area contributed by atoms with Crippen LogP contribution in [0.2, 0.25) is 0 Å². The lowest BCUT2D eigenvalue weighted by molar-refractivity contribution is -0.206. The lowest BCUT2D eigenvalue weighted by Gasteiger charge is -2.12. The molecule has 1 aromatic heterocycles. The first kappa shape index (κ1) is 15.6. The molecule has 19 heavy (non-hydrogen) atoms. The second-order valence-electron chi connectivity index (χ2n) is 4.26. The molecule has 2 N–H and O–H groups in total. The number of amides is 1. The van der Waals surface area contributed by atoms with Crippen molar-refractivity contribution >= 4 is 5.91 Å². The van der Waals surface area contributed by atoms with E-state index in [2.05, 4.69) is 5.32 Å². The fourth-order valence-corrected chi connectivity index (χ4v) is 1.53. The van der Waals surface area contributed by atoms with Gasteiger partial charge < -0.3 is 15.0 Å². The number of nitrogens with zero attached hydrogens (tertiary/aromatic N) is 1. The summed E-state index contributed by atoms with van der Waals surface area (Å²) >= 11 is 0. The average Bonchev–Trinajstić information content (AvgIpc) is 2.75. The van der Waals surface area contributed by atoms with Gasteiger partial charge >= 0.3 is 6.18 Å². The highest BCUT2D eigenvalue weighted by Crippen LogP contribution is 2.32. The number of unbranched alkanes of at least 4 members (excludes halogenated alkanes) is 1. The van der Waals surface area contributed by atoms with Crippen LogP contribution in [-0.4, -0.2) is 28.3 Å². The van der Waals surface area contributed by atoms with Crippen molar-refractivity contribution in [3.05, 3.63) is 24.0 Å². The van der Waals surface area contributed by atoms with Crippen LogP contribution in [0.3, 0.4) is 0 Å². The van der Waals surface area contributed by atoms with Crippen LogP contribution in [0.25, 0.3) is 0 Å². The minimum absolute atomic E-state index is 0.0612.